The molecule has 6 heteroatoms. The van der Waals surface area contributed by atoms with Crippen LogP contribution in [-0.2, 0) is 17.6 Å². The first-order valence-electron chi connectivity index (χ1n) is 8.97. The Bertz CT molecular complexity index is 985. The molecule has 0 saturated heterocycles. The molecule has 140 valence electrons. The zero-order valence-corrected chi connectivity index (χ0v) is 16.1. The SMILES string of the molecule is O=C(O)Cc1cc(Cl)c(Oc2ccc3[nH]cc(CC4CCC4)c3c2)c(Cl)c1. The van der Waals surface area contributed by atoms with Crippen LogP contribution < -0.4 is 4.74 Å². The number of benzene rings is 2. The molecule has 1 aliphatic carbocycles. The average Bonchev–Trinajstić information content (AvgIpc) is 2.96. The summed E-state index contributed by atoms with van der Waals surface area (Å²) in [6, 6.07) is 9.00. The Labute approximate surface area is 167 Å². The first-order valence-corrected chi connectivity index (χ1v) is 9.73. The number of ether oxygens (including phenoxy) is 1. The number of hydrogen-bond acceptors (Lipinski definition) is 2. The molecule has 2 N–H and O–H groups in total. The lowest BCUT2D eigenvalue weighted by Gasteiger charge is -2.24. The lowest BCUT2D eigenvalue weighted by atomic mass is 9.81. The fourth-order valence-corrected chi connectivity index (χ4v) is 4.11. The molecule has 1 saturated carbocycles. The maximum absolute atomic E-state index is 10.9. The normalized spacial score (nSPS) is 14.3. The molecule has 1 heterocycles. The summed E-state index contributed by atoms with van der Waals surface area (Å²) in [4.78, 5) is 14.2. The number of rotatable bonds is 6. The van der Waals surface area contributed by atoms with Crippen LogP contribution in [0.25, 0.3) is 10.9 Å². The Morgan fingerprint density at radius 3 is 2.56 bits per heavy atom. The summed E-state index contributed by atoms with van der Waals surface area (Å²) >= 11 is 12.6. The zero-order chi connectivity index (χ0) is 19.0. The van der Waals surface area contributed by atoms with Gasteiger partial charge >= 0.3 is 5.97 Å². The first kappa shape index (κ1) is 18.2. The number of aromatic nitrogens is 1. The van der Waals surface area contributed by atoms with Gasteiger partial charge in [-0.15, -0.1) is 0 Å². The van der Waals surface area contributed by atoms with E-state index in [1.807, 2.05) is 18.2 Å². The molecular formula is C21H19Cl2NO3. The number of halogens is 2. The van der Waals surface area contributed by atoms with Gasteiger partial charge in [0.25, 0.3) is 0 Å². The summed E-state index contributed by atoms with van der Waals surface area (Å²) in [5, 5.41) is 10.7. The molecule has 4 nitrogen and oxygen atoms in total. The quantitative estimate of drug-likeness (QED) is 0.512. The molecule has 4 rings (SSSR count). The third kappa shape index (κ3) is 3.92. The number of hydrogen-bond donors (Lipinski definition) is 2. The monoisotopic (exact) mass is 403 g/mol. The second-order valence-corrected chi connectivity index (χ2v) is 7.90. The Morgan fingerprint density at radius 2 is 1.93 bits per heavy atom. The average molecular weight is 404 g/mol. The van der Waals surface area contributed by atoms with E-state index in [2.05, 4.69) is 11.2 Å². The van der Waals surface area contributed by atoms with Crippen molar-refractivity contribution in [3.8, 4) is 11.5 Å². The lowest BCUT2D eigenvalue weighted by molar-refractivity contribution is -0.136. The highest BCUT2D eigenvalue weighted by Crippen LogP contribution is 2.39. The minimum absolute atomic E-state index is 0.139. The van der Waals surface area contributed by atoms with Gasteiger partial charge in [-0.25, -0.2) is 0 Å². The van der Waals surface area contributed by atoms with E-state index in [9.17, 15) is 4.79 Å². The predicted molar refractivity (Wildman–Crippen MR) is 107 cm³/mol. The summed E-state index contributed by atoms with van der Waals surface area (Å²) in [7, 11) is 0. The number of carboxylic acids is 1. The standard InChI is InChI=1S/C21H19Cl2NO3/c22-17-7-13(9-20(25)26)8-18(23)21(17)27-15-4-5-19-16(10-15)14(11-24-19)6-12-2-1-3-12/h4-5,7-8,10-12,24H,1-3,6,9H2,(H,25,26). The minimum atomic E-state index is -0.937. The van der Waals surface area contributed by atoms with Crippen LogP contribution >= 0.6 is 23.2 Å². The Morgan fingerprint density at radius 1 is 1.19 bits per heavy atom. The molecule has 0 unspecified atom stereocenters. The summed E-state index contributed by atoms with van der Waals surface area (Å²) in [6.45, 7) is 0. The molecular weight excluding hydrogens is 385 g/mol. The van der Waals surface area contributed by atoms with Crippen molar-refractivity contribution in [1.82, 2.24) is 4.98 Å². The lowest BCUT2D eigenvalue weighted by Crippen LogP contribution is -2.13. The van der Waals surface area contributed by atoms with Gasteiger partial charge in [0.2, 0.25) is 0 Å². The van der Waals surface area contributed by atoms with E-state index >= 15 is 0 Å². The fourth-order valence-electron chi connectivity index (χ4n) is 3.50. The molecule has 1 aromatic heterocycles. The van der Waals surface area contributed by atoms with Crippen LogP contribution in [0.15, 0.2) is 36.5 Å². The predicted octanol–water partition coefficient (Wildman–Crippen LogP) is 6.24. The minimum Gasteiger partial charge on any atom is -0.481 e. The summed E-state index contributed by atoms with van der Waals surface area (Å²) < 4.78 is 5.95. The second kappa shape index (κ2) is 7.45. The smallest absolute Gasteiger partial charge is 0.307 e. The van der Waals surface area contributed by atoms with Crippen molar-refractivity contribution in [2.24, 2.45) is 5.92 Å². The largest absolute Gasteiger partial charge is 0.481 e. The van der Waals surface area contributed by atoms with Gasteiger partial charge in [0.1, 0.15) is 5.75 Å². The van der Waals surface area contributed by atoms with Gasteiger partial charge in [-0.3, -0.25) is 4.79 Å². The van der Waals surface area contributed by atoms with Gasteiger partial charge in [-0.05, 0) is 53.8 Å². The van der Waals surface area contributed by atoms with Gasteiger partial charge in [0, 0.05) is 17.1 Å². The van der Waals surface area contributed by atoms with Crippen molar-refractivity contribution >= 4 is 40.1 Å². The number of nitrogens with one attached hydrogen (secondary N) is 1. The molecule has 27 heavy (non-hydrogen) atoms. The molecule has 0 bridgehead atoms. The van der Waals surface area contributed by atoms with Crippen LogP contribution in [0.3, 0.4) is 0 Å². The molecule has 0 radical (unpaired) electrons. The third-order valence-corrected chi connectivity index (χ3v) is 5.67. The summed E-state index contributed by atoms with van der Waals surface area (Å²) in [6.07, 6.45) is 6.95. The number of aromatic amines is 1. The number of carbonyl (C=O) groups is 1. The van der Waals surface area contributed by atoms with E-state index in [4.69, 9.17) is 33.0 Å². The van der Waals surface area contributed by atoms with Gasteiger partial charge in [0.15, 0.2) is 5.75 Å². The molecule has 0 aliphatic heterocycles. The number of H-pyrrole nitrogens is 1. The Hall–Kier alpha value is -2.17. The fraction of sp³-hybridized carbons (Fsp3) is 0.286. The third-order valence-electron chi connectivity index (χ3n) is 5.11. The van der Waals surface area contributed by atoms with E-state index in [-0.39, 0.29) is 6.42 Å². The zero-order valence-electron chi connectivity index (χ0n) is 14.6. The van der Waals surface area contributed by atoms with E-state index in [0.717, 1.165) is 23.2 Å². The van der Waals surface area contributed by atoms with Crippen LogP contribution in [0, 0.1) is 5.92 Å². The van der Waals surface area contributed by atoms with Crippen LogP contribution in [0.2, 0.25) is 10.0 Å². The first-order chi connectivity index (χ1) is 13.0. The summed E-state index contributed by atoms with van der Waals surface area (Å²) in [5.74, 6) is 0.821. The van der Waals surface area contributed by atoms with E-state index in [1.54, 1.807) is 12.1 Å². The number of fused-ring (bicyclic) bond motifs is 1. The van der Waals surface area contributed by atoms with Gasteiger partial charge < -0.3 is 14.8 Å². The van der Waals surface area contributed by atoms with Gasteiger partial charge in [0.05, 0.1) is 16.5 Å². The maximum atomic E-state index is 10.9. The maximum Gasteiger partial charge on any atom is 0.307 e. The Kier molecular flexibility index (Phi) is 5.02. The van der Waals surface area contributed by atoms with Crippen LogP contribution in [0.1, 0.15) is 30.4 Å². The van der Waals surface area contributed by atoms with Crippen molar-refractivity contribution < 1.29 is 14.6 Å². The topological polar surface area (TPSA) is 62.3 Å². The molecule has 0 spiro atoms. The van der Waals surface area contributed by atoms with Gasteiger partial charge in [-0.2, -0.15) is 0 Å². The molecule has 0 atom stereocenters. The molecule has 3 aromatic rings. The van der Waals surface area contributed by atoms with E-state index in [1.165, 1.54) is 24.8 Å². The van der Waals surface area contributed by atoms with Crippen LogP contribution in [0.5, 0.6) is 11.5 Å². The molecule has 1 fully saturated rings. The van der Waals surface area contributed by atoms with Crippen molar-refractivity contribution in [3.63, 3.8) is 0 Å². The number of carboxylic acid groups (broad SMARTS) is 1. The van der Waals surface area contributed by atoms with E-state index < -0.39 is 5.97 Å². The van der Waals surface area contributed by atoms with Crippen LogP contribution in [-0.4, -0.2) is 16.1 Å². The molecule has 0 amide bonds. The van der Waals surface area contributed by atoms with Crippen molar-refractivity contribution in [2.75, 3.05) is 0 Å². The molecule has 2 aromatic carbocycles. The highest BCUT2D eigenvalue weighted by Gasteiger charge is 2.19. The van der Waals surface area contributed by atoms with Crippen molar-refractivity contribution in [1.29, 1.82) is 0 Å². The van der Waals surface area contributed by atoms with Crippen LogP contribution in [0.4, 0.5) is 0 Å². The summed E-state index contributed by atoms with van der Waals surface area (Å²) in [5.41, 5.74) is 2.91. The highest BCUT2D eigenvalue weighted by atomic mass is 35.5. The highest BCUT2D eigenvalue weighted by molar-refractivity contribution is 6.37. The number of aliphatic carboxylic acids is 1. The van der Waals surface area contributed by atoms with Crippen molar-refractivity contribution in [2.45, 2.75) is 32.1 Å². The second-order valence-electron chi connectivity index (χ2n) is 7.08. The van der Waals surface area contributed by atoms with E-state index in [0.29, 0.717) is 27.1 Å². The Balaban J connectivity index is 1.61. The van der Waals surface area contributed by atoms with Gasteiger partial charge in [-0.1, -0.05) is 42.5 Å². The molecule has 1 aliphatic rings. The van der Waals surface area contributed by atoms with Crippen molar-refractivity contribution in [3.05, 3.63) is 57.7 Å².